The summed E-state index contributed by atoms with van der Waals surface area (Å²) >= 11 is 5.97. The molecule has 2 aromatic rings. The normalized spacial score (nSPS) is 16.1. The van der Waals surface area contributed by atoms with E-state index in [2.05, 4.69) is 20.2 Å². The number of likely N-dealkylation sites (tertiary alicyclic amines) is 1. The summed E-state index contributed by atoms with van der Waals surface area (Å²) in [7, 11) is 1.82. The molecule has 0 spiro atoms. The molecule has 0 amide bonds. The monoisotopic (exact) mass is 291 g/mol. The summed E-state index contributed by atoms with van der Waals surface area (Å²) in [6.07, 6.45) is 6.34. The zero-order valence-electron chi connectivity index (χ0n) is 11.5. The minimum absolute atomic E-state index is 0.669. The van der Waals surface area contributed by atoms with Gasteiger partial charge in [0.2, 0.25) is 0 Å². The van der Waals surface area contributed by atoms with E-state index in [1.165, 1.54) is 12.8 Å². The fraction of sp³-hybridized carbons (Fsp3) is 0.429. The summed E-state index contributed by atoms with van der Waals surface area (Å²) in [5.74, 6) is 0.956. The van der Waals surface area contributed by atoms with Gasteiger partial charge in [-0.05, 0) is 25.0 Å². The number of pyridine rings is 1. The fourth-order valence-electron chi connectivity index (χ4n) is 2.53. The lowest BCUT2D eigenvalue weighted by Crippen LogP contribution is -2.39. The third kappa shape index (κ3) is 2.72. The standard InChI is InChI=1S/C14H18ClN5/c1-16-14(19-6-2-3-7-19)17-8-12-10-20-9-11(15)4-5-13(20)18-12/h4-5,9-10H,2-3,6-8H2,1H3,(H,16,17). The van der Waals surface area contributed by atoms with Crippen LogP contribution in [0, 0.1) is 0 Å². The SMILES string of the molecule is CN=C(NCc1cn2cc(Cl)ccc2n1)N1CCCC1. The molecule has 0 aromatic carbocycles. The summed E-state index contributed by atoms with van der Waals surface area (Å²) in [5.41, 5.74) is 1.88. The second-order valence-electron chi connectivity index (χ2n) is 4.94. The van der Waals surface area contributed by atoms with Crippen LogP contribution in [-0.4, -0.2) is 40.4 Å². The van der Waals surface area contributed by atoms with Crippen molar-refractivity contribution in [1.82, 2.24) is 19.6 Å². The molecule has 3 heterocycles. The third-order valence-corrected chi connectivity index (χ3v) is 3.73. The number of imidazole rings is 1. The van der Waals surface area contributed by atoms with Gasteiger partial charge in [0.15, 0.2) is 5.96 Å². The van der Waals surface area contributed by atoms with E-state index in [9.17, 15) is 0 Å². The molecule has 3 rings (SSSR count). The summed E-state index contributed by atoms with van der Waals surface area (Å²) in [6.45, 7) is 2.84. The molecular formula is C14H18ClN5. The molecule has 5 nitrogen and oxygen atoms in total. The quantitative estimate of drug-likeness (QED) is 0.681. The Balaban J connectivity index is 1.69. The highest BCUT2D eigenvalue weighted by Crippen LogP contribution is 2.12. The zero-order valence-corrected chi connectivity index (χ0v) is 12.3. The maximum absolute atomic E-state index is 5.97. The largest absolute Gasteiger partial charge is 0.351 e. The predicted octanol–water partition coefficient (Wildman–Crippen LogP) is 2.16. The summed E-state index contributed by atoms with van der Waals surface area (Å²) in [5, 5.41) is 4.08. The van der Waals surface area contributed by atoms with Gasteiger partial charge in [0.25, 0.3) is 0 Å². The van der Waals surface area contributed by atoms with Crippen molar-refractivity contribution in [3.8, 4) is 0 Å². The maximum atomic E-state index is 5.97. The van der Waals surface area contributed by atoms with E-state index in [1.807, 2.05) is 36.0 Å². The van der Waals surface area contributed by atoms with Crippen LogP contribution in [0.4, 0.5) is 0 Å². The average molecular weight is 292 g/mol. The predicted molar refractivity (Wildman–Crippen MR) is 81.2 cm³/mol. The molecule has 1 fully saturated rings. The van der Waals surface area contributed by atoms with Crippen molar-refractivity contribution in [1.29, 1.82) is 0 Å². The number of hydrogen-bond acceptors (Lipinski definition) is 2. The first-order valence-electron chi connectivity index (χ1n) is 6.85. The van der Waals surface area contributed by atoms with Crippen molar-refractivity contribution >= 4 is 23.2 Å². The Morgan fingerprint density at radius 2 is 2.15 bits per heavy atom. The number of nitrogens with one attached hydrogen (secondary N) is 1. The lowest BCUT2D eigenvalue weighted by atomic mass is 10.4. The molecule has 0 bridgehead atoms. The van der Waals surface area contributed by atoms with Crippen molar-refractivity contribution in [2.75, 3.05) is 20.1 Å². The molecule has 0 atom stereocenters. The van der Waals surface area contributed by atoms with Crippen molar-refractivity contribution in [3.63, 3.8) is 0 Å². The highest BCUT2D eigenvalue weighted by atomic mass is 35.5. The van der Waals surface area contributed by atoms with Gasteiger partial charge in [-0.15, -0.1) is 0 Å². The van der Waals surface area contributed by atoms with E-state index < -0.39 is 0 Å². The first-order chi connectivity index (χ1) is 9.76. The molecule has 0 unspecified atom stereocenters. The van der Waals surface area contributed by atoms with E-state index in [0.717, 1.165) is 30.4 Å². The van der Waals surface area contributed by atoms with E-state index in [1.54, 1.807) is 0 Å². The van der Waals surface area contributed by atoms with Gasteiger partial charge in [0.1, 0.15) is 5.65 Å². The first-order valence-corrected chi connectivity index (χ1v) is 7.23. The second kappa shape index (κ2) is 5.71. The minimum Gasteiger partial charge on any atom is -0.351 e. The molecular weight excluding hydrogens is 274 g/mol. The number of halogens is 1. The van der Waals surface area contributed by atoms with E-state index in [-0.39, 0.29) is 0 Å². The first kappa shape index (κ1) is 13.2. The zero-order chi connectivity index (χ0) is 13.9. The third-order valence-electron chi connectivity index (χ3n) is 3.51. The van der Waals surface area contributed by atoms with Crippen LogP contribution in [0.2, 0.25) is 5.02 Å². The second-order valence-corrected chi connectivity index (χ2v) is 5.38. The molecule has 0 radical (unpaired) electrons. The Hall–Kier alpha value is -1.75. The van der Waals surface area contributed by atoms with Gasteiger partial charge in [0, 0.05) is 32.5 Å². The van der Waals surface area contributed by atoms with Gasteiger partial charge in [-0.25, -0.2) is 4.98 Å². The van der Waals surface area contributed by atoms with Crippen LogP contribution < -0.4 is 5.32 Å². The van der Waals surface area contributed by atoms with Crippen LogP contribution in [0.25, 0.3) is 5.65 Å². The number of aromatic nitrogens is 2. The van der Waals surface area contributed by atoms with Gasteiger partial charge in [-0.2, -0.15) is 0 Å². The summed E-state index contributed by atoms with van der Waals surface area (Å²) < 4.78 is 1.94. The molecule has 20 heavy (non-hydrogen) atoms. The Labute approximate surface area is 123 Å². The molecule has 1 N–H and O–H groups in total. The van der Waals surface area contributed by atoms with E-state index >= 15 is 0 Å². The number of aliphatic imine (C=N–C) groups is 1. The number of guanidine groups is 1. The Morgan fingerprint density at radius 1 is 1.35 bits per heavy atom. The van der Waals surface area contributed by atoms with Crippen LogP contribution in [-0.2, 0) is 6.54 Å². The number of rotatable bonds is 2. The van der Waals surface area contributed by atoms with Gasteiger partial charge in [0.05, 0.1) is 17.3 Å². The topological polar surface area (TPSA) is 44.9 Å². The molecule has 1 aliphatic heterocycles. The molecule has 0 saturated carbocycles. The van der Waals surface area contributed by atoms with Crippen molar-refractivity contribution in [3.05, 3.63) is 35.2 Å². The van der Waals surface area contributed by atoms with Crippen LogP contribution >= 0.6 is 11.6 Å². The molecule has 1 saturated heterocycles. The Kier molecular flexibility index (Phi) is 3.78. The Bertz CT molecular complexity index is 628. The molecule has 1 aliphatic rings. The number of hydrogen-bond donors (Lipinski definition) is 1. The average Bonchev–Trinajstić information content (AvgIpc) is 3.08. The maximum Gasteiger partial charge on any atom is 0.193 e. The van der Waals surface area contributed by atoms with Crippen LogP contribution in [0.3, 0.4) is 0 Å². The number of fused-ring (bicyclic) bond motifs is 1. The molecule has 106 valence electrons. The van der Waals surface area contributed by atoms with Gasteiger partial charge < -0.3 is 14.6 Å². The van der Waals surface area contributed by atoms with Crippen LogP contribution in [0.15, 0.2) is 29.5 Å². The van der Waals surface area contributed by atoms with Gasteiger partial charge >= 0.3 is 0 Å². The van der Waals surface area contributed by atoms with Crippen LogP contribution in [0.5, 0.6) is 0 Å². The highest BCUT2D eigenvalue weighted by molar-refractivity contribution is 6.30. The van der Waals surface area contributed by atoms with E-state index in [0.29, 0.717) is 11.6 Å². The highest BCUT2D eigenvalue weighted by Gasteiger charge is 2.15. The van der Waals surface area contributed by atoms with Gasteiger partial charge in [-0.3, -0.25) is 4.99 Å². The molecule has 0 aliphatic carbocycles. The van der Waals surface area contributed by atoms with Crippen LogP contribution in [0.1, 0.15) is 18.5 Å². The van der Waals surface area contributed by atoms with Crippen molar-refractivity contribution in [2.24, 2.45) is 4.99 Å². The van der Waals surface area contributed by atoms with Crippen molar-refractivity contribution in [2.45, 2.75) is 19.4 Å². The molecule has 6 heteroatoms. The summed E-state index contributed by atoms with van der Waals surface area (Å²) in [4.78, 5) is 11.2. The minimum atomic E-state index is 0.669. The van der Waals surface area contributed by atoms with Gasteiger partial charge in [-0.1, -0.05) is 11.6 Å². The van der Waals surface area contributed by atoms with E-state index in [4.69, 9.17) is 11.6 Å². The number of nitrogens with zero attached hydrogens (tertiary/aromatic N) is 4. The smallest absolute Gasteiger partial charge is 0.193 e. The fourth-order valence-corrected chi connectivity index (χ4v) is 2.70. The lowest BCUT2D eigenvalue weighted by Gasteiger charge is -2.20. The lowest BCUT2D eigenvalue weighted by molar-refractivity contribution is 0.493. The molecule has 2 aromatic heterocycles. The summed E-state index contributed by atoms with van der Waals surface area (Å²) in [6, 6.07) is 3.77. The van der Waals surface area contributed by atoms with Crippen molar-refractivity contribution < 1.29 is 0 Å². The Morgan fingerprint density at radius 3 is 2.90 bits per heavy atom.